The maximum Gasteiger partial charge on any atom is 0.164 e. The van der Waals surface area contributed by atoms with Crippen molar-refractivity contribution in [2.45, 2.75) is 45.6 Å². The van der Waals surface area contributed by atoms with E-state index in [1.807, 2.05) is 12.1 Å². The summed E-state index contributed by atoms with van der Waals surface area (Å²) < 4.78 is 16.3. The smallest absolute Gasteiger partial charge is 0.164 e. The van der Waals surface area contributed by atoms with E-state index < -0.39 is 0 Å². The van der Waals surface area contributed by atoms with Gasteiger partial charge in [0, 0.05) is 17.7 Å². The zero-order valence-corrected chi connectivity index (χ0v) is 14.0. The van der Waals surface area contributed by atoms with Crippen molar-refractivity contribution in [2.24, 2.45) is 0 Å². The SMILES string of the molecule is CCCCCC(NCC)c1cc(OC)c(OC)cc1OC. The Bertz CT molecular complexity index is 421. The Balaban J connectivity index is 3.09. The van der Waals surface area contributed by atoms with Gasteiger partial charge in [-0.25, -0.2) is 0 Å². The molecular formula is C17H29NO3. The summed E-state index contributed by atoms with van der Waals surface area (Å²) in [6, 6.07) is 4.20. The Hall–Kier alpha value is -1.42. The van der Waals surface area contributed by atoms with Crippen LogP contribution in [0.25, 0.3) is 0 Å². The van der Waals surface area contributed by atoms with Crippen LogP contribution in [-0.2, 0) is 0 Å². The van der Waals surface area contributed by atoms with Crippen molar-refractivity contribution >= 4 is 0 Å². The highest BCUT2D eigenvalue weighted by Crippen LogP contribution is 2.38. The number of unbranched alkanes of at least 4 members (excludes halogenated alkanes) is 2. The number of rotatable bonds is 10. The molecule has 0 saturated carbocycles. The van der Waals surface area contributed by atoms with E-state index in [-0.39, 0.29) is 6.04 Å². The van der Waals surface area contributed by atoms with E-state index in [4.69, 9.17) is 14.2 Å². The van der Waals surface area contributed by atoms with Crippen molar-refractivity contribution in [1.82, 2.24) is 5.32 Å². The highest BCUT2D eigenvalue weighted by atomic mass is 16.5. The van der Waals surface area contributed by atoms with E-state index in [0.717, 1.165) is 30.0 Å². The van der Waals surface area contributed by atoms with Crippen LogP contribution in [0.2, 0.25) is 0 Å². The van der Waals surface area contributed by atoms with Crippen LogP contribution in [0.4, 0.5) is 0 Å². The number of hydrogen-bond acceptors (Lipinski definition) is 4. The quantitative estimate of drug-likeness (QED) is 0.664. The minimum absolute atomic E-state index is 0.274. The van der Waals surface area contributed by atoms with Crippen LogP contribution in [0, 0.1) is 0 Å². The Kier molecular flexibility index (Phi) is 7.98. The summed E-state index contributed by atoms with van der Waals surface area (Å²) in [5.74, 6) is 2.28. The fourth-order valence-corrected chi connectivity index (χ4v) is 2.54. The summed E-state index contributed by atoms with van der Waals surface area (Å²) in [6.45, 7) is 5.27. The molecule has 1 N–H and O–H groups in total. The lowest BCUT2D eigenvalue weighted by atomic mass is 9.98. The largest absolute Gasteiger partial charge is 0.496 e. The van der Waals surface area contributed by atoms with Crippen LogP contribution in [0.3, 0.4) is 0 Å². The molecule has 120 valence electrons. The number of nitrogens with one attached hydrogen (secondary N) is 1. The van der Waals surface area contributed by atoms with Crippen LogP contribution in [0.15, 0.2) is 12.1 Å². The first-order valence-electron chi connectivity index (χ1n) is 7.75. The summed E-state index contributed by atoms with van der Waals surface area (Å²) in [7, 11) is 4.99. The van der Waals surface area contributed by atoms with E-state index in [9.17, 15) is 0 Å². The molecule has 1 unspecified atom stereocenters. The number of methoxy groups -OCH3 is 3. The van der Waals surface area contributed by atoms with Crippen molar-refractivity contribution in [3.8, 4) is 17.2 Å². The minimum atomic E-state index is 0.274. The minimum Gasteiger partial charge on any atom is -0.496 e. The molecule has 0 bridgehead atoms. The molecule has 21 heavy (non-hydrogen) atoms. The average molecular weight is 295 g/mol. The van der Waals surface area contributed by atoms with Crippen LogP contribution < -0.4 is 19.5 Å². The predicted octanol–water partition coefficient (Wildman–Crippen LogP) is 3.94. The van der Waals surface area contributed by atoms with Gasteiger partial charge in [-0.2, -0.15) is 0 Å². The lowest BCUT2D eigenvalue weighted by Gasteiger charge is -2.22. The average Bonchev–Trinajstić information content (AvgIpc) is 2.52. The van der Waals surface area contributed by atoms with Gasteiger partial charge in [-0.1, -0.05) is 33.1 Å². The number of benzene rings is 1. The second-order valence-electron chi connectivity index (χ2n) is 5.06. The summed E-state index contributed by atoms with van der Waals surface area (Å²) in [6.07, 6.45) is 4.76. The first kappa shape index (κ1) is 17.6. The second-order valence-corrected chi connectivity index (χ2v) is 5.06. The lowest BCUT2D eigenvalue weighted by molar-refractivity contribution is 0.344. The van der Waals surface area contributed by atoms with Crippen molar-refractivity contribution < 1.29 is 14.2 Å². The molecule has 0 spiro atoms. The predicted molar refractivity (Wildman–Crippen MR) is 86.7 cm³/mol. The Morgan fingerprint density at radius 1 is 0.905 bits per heavy atom. The Morgan fingerprint density at radius 3 is 2.05 bits per heavy atom. The third kappa shape index (κ3) is 4.81. The van der Waals surface area contributed by atoms with Crippen molar-refractivity contribution in [1.29, 1.82) is 0 Å². The van der Waals surface area contributed by atoms with Crippen LogP contribution in [0.1, 0.15) is 51.1 Å². The van der Waals surface area contributed by atoms with Gasteiger partial charge in [-0.15, -0.1) is 0 Å². The molecule has 1 atom stereocenters. The van der Waals surface area contributed by atoms with Crippen molar-refractivity contribution in [3.63, 3.8) is 0 Å². The summed E-state index contributed by atoms with van der Waals surface area (Å²) in [5, 5.41) is 3.54. The topological polar surface area (TPSA) is 39.7 Å². The van der Waals surface area contributed by atoms with Gasteiger partial charge >= 0.3 is 0 Å². The Labute approximate surface area is 128 Å². The third-order valence-corrected chi connectivity index (χ3v) is 3.66. The second kappa shape index (κ2) is 9.50. The molecule has 0 aliphatic carbocycles. The Morgan fingerprint density at radius 2 is 1.52 bits per heavy atom. The van der Waals surface area contributed by atoms with Gasteiger partial charge in [0.2, 0.25) is 0 Å². The normalized spacial score (nSPS) is 12.0. The molecule has 4 nitrogen and oxygen atoms in total. The maximum atomic E-state index is 5.55. The fraction of sp³-hybridized carbons (Fsp3) is 0.647. The summed E-state index contributed by atoms with van der Waals surface area (Å²) in [5.41, 5.74) is 1.13. The standard InChI is InChI=1S/C17H29NO3/c1-6-8-9-10-14(18-7-2)13-11-16(20-4)17(21-5)12-15(13)19-3/h11-12,14,18H,6-10H2,1-5H3. The van der Waals surface area contributed by atoms with E-state index in [1.165, 1.54) is 19.3 Å². The van der Waals surface area contributed by atoms with Gasteiger partial charge in [0.1, 0.15) is 5.75 Å². The number of ether oxygens (including phenoxy) is 3. The lowest BCUT2D eigenvalue weighted by Crippen LogP contribution is -2.21. The molecule has 0 heterocycles. The van der Waals surface area contributed by atoms with E-state index >= 15 is 0 Å². The van der Waals surface area contributed by atoms with Crippen molar-refractivity contribution in [3.05, 3.63) is 17.7 Å². The van der Waals surface area contributed by atoms with Crippen molar-refractivity contribution in [2.75, 3.05) is 27.9 Å². The fourth-order valence-electron chi connectivity index (χ4n) is 2.54. The molecule has 0 amide bonds. The molecule has 0 radical (unpaired) electrons. The third-order valence-electron chi connectivity index (χ3n) is 3.66. The molecule has 1 rings (SSSR count). The maximum absolute atomic E-state index is 5.55. The molecule has 1 aromatic carbocycles. The molecule has 0 fully saturated rings. The molecule has 0 saturated heterocycles. The monoisotopic (exact) mass is 295 g/mol. The highest BCUT2D eigenvalue weighted by molar-refractivity contribution is 5.51. The van der Waals surface area contributed by atoms with Gasteiger partial charge in [0.15, 0.2) is 11.5 Å². The van der Waals surface area contributed by atoms with E-state index in [2.05, 4.69) is 19.2 Å². The van der Waals surface area contributed by atoms with Gasteiger partial charge in [-0.05, 0) is 19.0 Å². The number of hydrogen-bond donors (Lipinski definition) is 1. The van der Waals surface area contributed by atoms with Crippen LogP contribution in [0.5, 0.6) is 17.2 Å². The zero-order chi connectivity index (χ0) is 15.7. The van der Waals surface area contributed by atoms with E-state index in [1.54, 1.807) is 21.3 Å². The van der Waals surface area contributed by atoms with Gasteiger partial charge in [-0.3, -0.25) is 0 Å². The molecule has 4 heteroatoms. The molecular weight excluding hydrogens is 266 g/mol. The molecule has 0 aliphatic heterocycles. The van der Waals surface area contributed by atoms with Crippen LogP contribution in [-0.4, -0.2) is 27.9 Å². The molecule has 1 aromatic rings. The van der Waals surface area contributed by atoms with Crippen LogP contribution >= 0.6 is 0 Å². The van der Waals surface area contributed by atoms with Gasteiger partial charge in [0.05, 0.1) is 21.3 Å². The molecule has 0 aliphatic rings. The summed E-state index contributed by atoms with van der Waals surface area (Å²) in [4.78, 5) is 0. The van der Waals surface area contributed by atoms with Gasteiger partial charge < -0.3 is 19.5 Å². The summed E-state index contributed by atoms with van der Waals surface area (Å²) >= 11 is 0. The molecule has 0 aromatic heterocycles. The van der Waals surface area contributed by atoms with E-state index in [0.29, 0.717) is 5.75 Å². The zero-order valence-electron chi connectivity index (χ0n) is 14.0. The first-order valence-corrected chi connectivity index (χ1v) is 7.75. The highest BCUT2D eigenvalue weighted by Gasteiger charge is 2.19. The first-order chi connectivity index (χ1) is 10.2. The van der Waals surface area contributed by atoms with Gasteiger partial charge in [0.25, 0.3) is 0 Å².